The molecule has 0 aliphatic carbocycles. The molecule has 0 radical (unpaired) electrons. The summed E-state index contributed by atoms with van der Waals surface area (Å²) in [6.07, 6.45) is 5.50. The smallest absolute Gasteiger partial charge is 0.316 e. The van der Waals surface area contributed by atoms with Crippen LogP contribution in [0.25, 0.3) is 21.7 Å². The Hall–Kier alpha value is -3.06. The first-order valence-corrected chi connectivity index (χ1v) is 11.6. The maximum Gasteiger partial charge on any atom is 0.316 e. The lowest BCUT2D eigenvalue weighted by Gasteiger charge is -2.29. The molecule has 32 heavy (non-hydrogen) atoms. The second kappa shape index (κ2) is 9.20. The molecule has 0 unspecified atom stereocenters. The molecule has 9 heteroatoms. The van der Waals surface area contributed by atoms with Crippen LogP contribution in [0.3, 0.4) is 0 Å². The molecule has 0 amide bonds. The molecule has 0 saturated carbocycles. The average Bonchev–Trinajstić information content (AvgIpc) is 3.24. The van der Waals surface area contributed by atoms with Crippen molar-refractivity contribution in [2.45, 2.75) is 18.9 Å². The fourth-order valence-electron chi connectivity index (χ4n) is 3.71. The van der Waals surface area contributed by atoms with Gasteiger partial charge in [-0.05, 0) is 25.0 Å². The summed E-state index contributed by atoms with van der Waals surface area (Å²) in [7, 11) is 0. The molecule has 3 aromatic rings. The Bertz CT molecular complexity index is 1100. The van der Waals surface area contributed by atoms with Crippen LogP contribution in [0.4, 0.5) is 5.13 Å². The van der Waals surface area contributed by atoms with Crippen LogP contribution in [0.1, 0.15) is 18.4 Å². The van der Waals surface area contributed by atoms with E-state index in [1.165, 1.54) is 0 Å². The van der Waals surface area contributed by atoms with Gasteiger partial charge in [-0.25, -0.2) is 15.0 Å². The molecule has 164 valence electrons. The van der Waals surface area contributed by atoms with E-state index in [2.05, 4.69) is 20.9 Å². The minimum atomic E-state index is 0.260. The van der Waals surface area contributed by atoms with E-state index in [0.29, 0.717) is 24.1 Å². The molecule has 2 aliphatic heterocycles. The monoisotopic (exact) mass is 448 g/mol. The standard InChI is InChI=1S/C23H24N6O2S/c24-9-15-1-3-17(4-2-15)20-21(32-23(28-20)29-7-5-19(25)6-8-29)18-10-26-22(27-11-18)31-14-16-12-30-13-16/h1-4,10-11,16,19H,5-8,12-14,25H2. The highest BCUT2D eigenvalue weighted by molar-refractivity contribution is 7.19. The van der Waals surface area contributed by atoms with Gasteiger partial charge in [0.1, 0.15) is 0 Å². The number of benzene rings is 1. The number of thiazole rings is 1. The van der Waals surface area contributed by atoms with Crippen LogP contribution in [0.2, 0.25) is 0 Å². The minimum Gasteiger partial charge on any atom is -0.463 e. The van der Waals surface area contributed by atoms with Crippen molar-refractivity contribution in [1.29, 1.82) is 5.26 Å². The summed E-state index contributed by atoms with van der Waals surface area (Å²) in [4.78, 5) is 17.1. The van der Waals surface area contributed by atoms with Crippen LogP contribution in [0.15, 0.2) is 36.7 Å². The molecular formula is C23H24N6O2S. The summed E-state index contributed by atoms with van der Waals surface area (Å²) in [5.74, 6) is 0.419. The van der Waals surface area contributed by atoms with E-state index >= 15 is 0 Å². The summed E-state index contributed by atoms with van der Waals surface area (Å²) in [6.45, 7) is 3.83. The van der Waals surface area contributed by atoms with Gasteiger partial charge in [0.2, 0.25) is 0 Å². The average molecular weight is 449 g/mol. The zero-order valence-electron chi connectivity index (χ0n) is 17.6. The Morgan fingerprint density at radius 1 is 1.12 bits per heavy atom. The van der Waals surface area contributed by atoms with Crippen LogP contribution < -0.4 is 15.4 Å². The van der Waals surface area contributed by atoms with Crippen LogP contribution >= 0.6 is 11.3 Å². The predicted octanol–water partition coefficient (Wildman–Crippen LogP) is 3.09. The van der Waals surface area contributed by atoms with Crippen LogP contribution in [0, 0.1) is 17.2 Å². The van der Waals surface area contributed by atoms with Gasteiger partial charge in [0.15, 0.2) is 5.13 Å². The SMILES string of the molecule is N#Cc1ccc(-c2nc(N3CCC(N)CC3)sc2-c2cnc(OCC3COC3)nc2)cc1. The van der Waals surface area contributed by atoms with Gasteiger partial charge in [0, 0.05) is 48.6 Å². The topological polar surface area (TPSA) is 110 Å². The number of anilines is 1. The Kier molecular flexibility index (Phi) is 5.99. The molecule has 4 heterocycles. The van der Waals surface area contributed by atoms with E-state index in [1.54, 1.807) is 23.7 Å². The Morgan fingerprint density at radius 2 is 1.84 bits per heavy atom. The Labute approximate surface area is 190 Å². The first-order chi connectivity index (χ1) is 15.7. The van der Waals surface area contributed by atoms with Crippen LogP contribution in [0.5, 0.6) is 6.01 Å². The summed E-state index contributed by atoms with van der Waals surface area (Å²) >= 11 is 1.63. The number of ether oxygens (including phenoxy) is 2. The van der Waals surface area contributed by atoms with Crippen LogP contribution in [-0.2, 0) is 4.74 Å². The van der Waals surface area contributed by atoms with Crippen molar-refractivity contribution in [1.82, 2.24) is 15.0 Å². The number of hydrogen-bond acceptors (Lipinski definition) is 9. The maximum absolute atomic E-state index is 9.13. The Morgan fingerprint density at radius 3 is 2.47 bits per heavy atom. The van der Waals surface area contributed by atoms with E-state index in [9.17, 15) is 0 Å². The molecule has 1 aromatic carbocycles. The summed E-state index contributed by atoms with van der Waals surface area (Å²) in [6, 6.07) is 10.3. The third kappa shape index (κ3) is 4.43. The number of nitriles is 1. The second-order valence-corrected chi connectivity index (χ2v) is 9.13. The van der Waals surface area contributed by atoms with E-state index in [0.717, 1.165) is 66.0 Å². The minimum absolute atomic E-state index is 0.260. The number of hydrogen-bond donors (Lipinski definition) is 1. The fourth-order valence-corrected chi connectivity index (χ4v) is 4.82. The lowest BCUT2D eigenvalue weighted by molar-refractivity contribution is -0.0520. The van der Waals surface area contributed by atoms with Gasteiger partial charge in [-0.2, -0.15) is 5.26 Å². The van der Waals surface area contributed by atoms with Gasteiger partial charge in [0.05, 0.1) is 42.0 Å². The van der Waals surface area contributed by atoms with Crippen molar-refractivity contribution < 1.29 is 9.47 Å². The number of nitrogens with zero attached hydrogens (tertiary/aromatic N) is 5. The molecule has 2 saturated heterocycles. The van der Waals surface area contributed by atoms with E-state index in [1.807, 2.05) is 24.3 Å². The van der Waals surface area contributed by atoms with Crippen molar-refractivity contribution in [2.24, 2.45) is 11.7 Å². The normalized spacial score (nSPS) is 17.1. The van der Waals surface area contributed by atoms with Crippen molar-refractivity contribution in [2.75, 3.05) is 37.8 Å². The fraction of sp³-hybridized carbons (Fsp3) is 0.391. The number of piperidine rings is 1. The van der Waals surface area contributed by atoms with Gasteiger partial charge in [-0.1, -0.05) is 23.5 Å². The number of rotatable bonds is 6. The molecule has 2 aromatic heterocycles. The van der Waals surface area contributed by atoms with E-state index in [-0.39, 0.29) is 6.04 Å². The first-order valence-electron chi connectivity index (χ1n) is 10.7. The number of aromatic nitrogens is 3. The van der Waals surface area contributed by atoms with Crippen molar-refractivity contribution >= 4 is 16.5 Å². The molecule has 2 aliphatic rings. The molecule has 2 fully saturated rings. The van der Waals surface area contributed by atoms with Gasteiger partial charge < -0.3 is 20.1 Å². The highest BCUT2D eigenvalue weighted by atomic mass is 32.1. The Balaban J connectivity index is 1.44. The lowest BCUT2D eigenvalue weighted by atomic mass is 10.1. The van der Waals surface area contributed by atoms with Gasteiger partial charge in [-0.3, -0.25) is 0 Å². The molecule has 0 spiro atoms. The second-order valence-electron chi connectivity index (χ2n) is 8.16. The van der Waals surface area contributed by atoms with Crippen molar-refractivity contribution in [3.8, 4) is 33.8 Å². The molecule has 0 atom stereocenters. The van der Waals surface area contributed by atoms with Gasteiger partial charge in [-0.15, -0.1) is 0 Å². The largest absolute Gasteiger partial charge is 0.463 e. The maximum atomic E-state index is 9.13. The molecule has 5 rings (SSSR count). The number of nitrogens with two attached hydrogens (primary N) is 1. The van der Waals surface area contributed by atoms with Gasteiger partial charge >= 0.3 is 6.01 Å². The highest BCUT2D eigenvalue weighted by Crippen LogP contribution is 2.40. The summed E-state index contributed by atoms with van der Waals surface area (Å²) in [5.41, 5.74) is 9.42. The zero-order valence-corrected chi connectivity index (χ0v) is 18.4. The summed E-state index contributed by atoms with van der Waals surface area (Å²) in [5, 5.41) is 10.1. The molecule has 0 bridgehead atoms. The van der Waals surface area contributed by atoms with Crippen LogP contribution in [-0.4, -0.2) is 53.9 Å². The molecule has 8 nitrogen and oxygen atoms in total. The zero-order chi connectivity index (χ0) is 21.9. The quantitative estimate of drug-likeness (QED) is 0.613. The third-order valence-corrected chi connectivity index (χ3v) is 6.92. The predicted molar refractivity (Wildman–Crippen MR) is 123 cm³/mol. The molecular weight excluding hydrogens is 424 g/mol. The lowest BCUT2D eigenvalue weighted by Crippen LogP contribution is -2.39. The van der Waals surface area contributed by atoms with E-state index < -0.39 is 0 Å². The highest BCUT2D eigenvalue weighted by Gasteiger charge is 2.23. The molecule has 2 N–H and O–H groups in total. The first kappa shape index (κ1) is 20.8. The van der Waals surface area contributed by atoms with E-state index in [4.69, 9.17) is 25.5 Å². The van der Waals surface area contributed by atoms with Crippen molar-refractivity contribution in [3.63, 3.8) is 0 Å². The summed E-state index contributed by atoms with van der Waals surface area (Å²) < 4.78 is 10.9. The van der Waals surface area contributed by atoms with Crippen molar-refractivity contribution in [3.05, 3.63) is 42.2 Å². The third-order valence-electron chi connectivity index (χ3n) is 5.76. The van der Waals surface area contributed by atoms with Gasteiger partial charge in [0.25, 0.3) is 0 Å².